The molecule has 0 saturated carbocycles. The first kappa shape index (κ1) is 12.9. The van der Waals surface area contributed by atoms with Gasteiger partial charge in [0.1, 0.15) is 0 Å². The molecule has 0 unspecified atom stereocenters. The Bertz CT molecular complexity index is 443. The minimum absolute atomic E-state index is 0.0512. The number of nitrogens with one attached hydrogen (secondary N) is 2. The van der Waals surface area contributed by atoms with Gasteiger partial charge in [0.25, 0.3) is 0 Å². The van der Waals surface area contributed by atoms with Crippen LogP contribution in [0.1, 0.15) is 0 Å². The summed E-state index contributed by atoms with van der Waals surface area (Å²) in [6.07, 6.45) is 0. The number of amides is 2. The summed E-state index contributed by atoms with van der Waals surface area (Å²) in [6, 6.07) is 1.68. The molecular formula is C11H12F2N2O2S. The molecule has 1 fully saturated rings. The van der Waals surface area contributed by atoms with E-state index < -0.39 is 23.4 Å². The van der Waals surface area contributed by atoms with Gasteiger partial charge in [0, 0.05) is 35.4 Å². The highest BCUT2D eigenvalue weighted by atomic mass is 32.2. The van der Waals surface area contributed by atoms with Crippen molar-refractivity contribution in [1.82, 2.24) is 5.32 Å². The molecule has 2 rings (SSSR count). The van der Waals surface area contributed by atoms with Crippen molar-refractivity contribution in [3.05, 3.63) is 23.8 Å². The molecule has 0 radical (unpaired) electrons. The van der Waals surface area contributed by atoms with E-state index in [4.69, 9.17) is 0 Å². The van der Waals surface area contributed by atoms with Crippen molar-refractivity contribution >= 4 is 23.5 Å². The van der Waals surface area contributed by atoms with Crippen LogP contribution in [0.3, 0.4) is 0 Å². The van der Waals surface area contributed by atoms with Crippen LogP contribution in [0, 0.1) is 11.6 Å². The molecule has 0 spiro atoms. The SMILES string of the molecule is COc1c(F)cc(NC(=O)NC2CSC2)cc1F. The first-order valence-corrected chi connectivity index (χ1v) is 6.44. The van der Waals surface area contributed by atoms with E-state index in [1.54, 1.807) is 11.8 Å². The van der Waals surface area contributed by atoms with Crippen molar-refractivity contribution in [2.75, 3.05) is 23.9 Å². The van der Waals surface area contributed by atoms with Crippen LogP contribution in [0.4, 0.5) is 19.3 Å². The Balaban J connectivity index is 2.02. The molecule has 0 aromatic heterocycles. The standard InChI is InChI=1S/C11H12F2N2O2S/c1-17-10-8(12)2-6(3-9(10)13)14-11(16)15-7-4-18-5-7/h2-3,7H,4-5H2,1H3,(H2,14,15,16). The lowest BCUT2D eigenvalue weighted by molar-refractivity contribution is 0.250. The van der Waals surface area contributed by atoms with E-state index >= 15 is 0 Å². The average Bonchev–Trinajstić information content (AvgIpc) is 2.23. The number of rotatable bonds is 3. The monoisotopic (exact) mass is 274 g/mol. The molecule has 2 amide bonds. The van der Waals surface area contributed by atoms with Gasteiger partial charge in [-0.05, 0) is 0 Å². The van der Waals surface area contributed by atoms with Gasteiger partial charge < -0.3 is 15.4 Å². The van der Waals surface area contributed by atoms with Crippen molar-refractivity contribution in [2.45, 2.75) is 6.04 Å². The smallest absolute Gasteiger partial charge is 0.319 e. The summed E-state index contributed by atoms with van der Waals surface area (Å²) in [7, 11) is 1.18. The van der Waals surface area contributed by atoms with E-state index in [9.17, 15) is 13.6 Å². The predicted molar refractivity (Wildman–Crippen MR) is 66.2 cm³/mol. The number of carbonyl (C=O) groups is 1. The molecule has 1 heterocycles. The molecular weight excluding hydrogens is 262 g/mol. The summed E-state index contributed by atoms with van der Waals surface area (Å²) in [5, 5.41) is 5.06. The van der Waals surface area contributed by atoms with Crippen molar-refractivity contribution in [1.29, 1.82) is 0 Å². The van der Waals surface area contributed by atoms with E-state index in [2.05, 4.69) is 15.4 Å². The van der Waals surface area contributed by atoms with E-state index in [1.165, 1.54) is 7.11 Å². The van der Waals surface area contributed by atoms with Crippen molar-refractivity contribution in [3.63, 3.8) is 0 Å². The third-order valence-corrected chi connectivity index (χ3v) is 3.71. The Morgan fingerprint density at radius 1 is 1.39 bits per heavy atom. The van der Waals surface area contributed by atoms with Gasteiger partial charge in [-0.25, -0.2) is 13.6 Å². The number of thioether (sulfide) groups is 1. The molecule has 1 aromatic carbocycles. The zero-order valence-electron chi connectivity index (χ0n) is 9.63. The average molecular weight is 274 g/mol. The van der Waals surface area contributed by atoms with Gasteiger partial charge in [-0.15, -0.1) is 0 Å². The Morgan fingerprint density at radius 3 is 2.44 bits per heavy atom. The highest BCUT2D eigenvalue weighted by molar-refractivity contribution is 8.00. The number of methoxy groups -OCH3 is 1. The van der Waals surface area contributed by atoms with Gasteiger partial charge in [-0.1, -0.05) is 0 Å². The van der Waals surface area contributed by atoms with E-state index in [0.29, 0.717) is 0 Å². The maximum atomic E-state index is 13.4. The minimum Gasteiger partial charge on any atom is -0.491 e. The molecule has 1 saturated heterocycles. The van der Waals surface area contributed by atoms with Crippen molar-refractivity contribution < 1.29 is 18.3 Å². The zero-order chi connectivity index (χ0) is 13.1. The lowest BCUT2D eigenvalue weighted by Gasteiger charge is -2.25. The van der Waals surface area contributed by atoms with E-state index in [1.807, 2.05) is 0 Å². The normalized spacial score (nSPS) is 14.8. The predicted octanol–water partition coefficient (Wildman–Crippen LogP) is 2.21. The lowest BCUT2D eigenvalue weighted by atomic mass is 10.2. The van der Waals surface area contributed by atoms with E-state index in [0.717, 1.165) is 23.6 Å². The van der Waals surface area contributed by atoms with Crippen LogP contribution in [0.25, 0.3) is 0 Å². The van der Waals surface area contributed by atoms with Crippen LogP contribution < -0.4 is 15.4 Å². The molecule has 0 aliphatic carbocycles. The summed E-state index contributed by atoms with van der Waals surface area (Å²) < 4.78 is 31.3. The number of benzene rings is 1. The number of halogens is 2. The quantitative estimate of drug-likeness (QED) is 0.888. The Morgan fingerprint density at radius 2 is 2.00 bits per heavy atom. The third kappa shape index (κ3) is 2.84. The molecule has 0 bridgehead atoms. The van der Waals surface area contributed by atoms with Gasteiger partial charge in [-0.2, -0.15) is 11.8 Å². The number of ether oxygens (including phenoxy) is 1. The lowest BCUT2D eigenvalue weighted by Crippen LogP contribution is -2.45. The summed E-state index contributed by atoms with van der Waals surface area (Å²) in [5.74, 6) is -0.451. The van der Waals surface area contributed by atoms with E-state index in [-0.39, 0.29) is 11.7 Å². The van der Waals surface area contributed by atoms with Crippen molar-refractivity contribution in [2.24, 2.45) is 0 Å². The molecule has 98 valence electrons. The molecule has 0 atom stereocenters. The molecule has 18 heavy (non-hydrogen) atoms. The number of anilines is 1. The Labute approximate surface area is 107 Å². The molecule has 2 N–H and O–H groups in total. The summed E-state index contributed by atoms with van der Waals surface area (Å²) >= 11 is 1.72. The second-order valence-corrected chi connectivity index (χ2v) is 4.88. The van der Waals surface area contributed by atoms with Crippen LogP contribution in [-0.2, 0) is 0 Å². The summed E-state index contributed by atoms with van der Waals surface area (Å²) in [6.45, 7) is 0. The number of hydrogen-bond donors (Lipinski definition) is 2. The van der Waals surface area contributed by atoms with Crippen LogP contribution >= 0.6 is 11.8 Å². The zero-order valence-corrected chi connectivity index (χ0v) is 10.4. The largest absolute Gasteiger partial charge is 0.491 e. The van der Waals surface area contributed by atoms with Gasteiger partial charge >= 0.3 is 6.03 Å². The fraction of sp³-hybridized carbons (Fsp3) is 0.364. The maximum Gasteiger partial charge on any atom is 0.319 e. The molecule has 1 aromatic rings. The Kier molecular flexibility index (Phi) is 3.90. The molecule has 1 aliphatic rings. The number of urea groups is 1. The van der Waals surface area contributed by atoms with Crippen LogP contribution in [0.2, 0.25) is 0 Å². The second kappa shape index (κ2) is 5.43. The molecule has 1 aliphatic heterocycles. The minimum atomic E-state index is -0.855. The van der Waals surface area contributed by atoms with Crippen LogP contribution in [0.15, 0.2) is 12.1 Å². The van der Waals surface area contributed by atoms with Crippen LogP contribution in [0.5, 0.6) is 5.75 Å². The van der Waals surface area contributed by atoms with Gasteiger partial charge in [0.05, 0.1) is 7.11 Å². The second-order valence-electron chi connectivity index (χ2n) is 3.81. The first-order valence-electron chi connectivity index (χ1n) is 5.28. The number of hydrogen-bond acceptors (Lipinski definition) is 3. The van der Waals surface area contributed by atoms with Crippen molar-refractivity contribution in [3.8, 4) is 5.75 Å². The maximum absolute atomic E-state index is 13.4. The highest BCUT2D eigenvalue weighted by Crippen LogP contribution is 2.25. The summed E-state index contributed by atoms with van der Waals surface area (Å²) in [5.41, 5.74) is 0.0512. The topological polar surface area (TPSA) is 50.4 Å². The Hall–Kier alpha value is -1.50. The molecule has 7 heteroatoms. The van der Waals surface area contributed by atoms with Gasteiger partial charge in [-0.3, -0.25) is 0 Å². The van der Waals surface area contributed by atoms with Crippen LogP contribution in [-0.4, -0.2) is 30.7 Å². The van der Waals surface area contributed by atoms with Gasteiger partial charge in [0.15, 0.2) is 17.4 Å². The first-order chi connectivity index (χ1) is 8.60. The van der Waals surface area contributed by atoms with Gasteiger partial charge in [0.2, 0.25) is 0 Å². The summed E-state index contributed by atoms with van der Waals surface area (Å²) in [4.78, 5) is 11.5. The fourth-order valence-corrected chi connectivity index (χ4v) is 2.14. The third-order valence-electron chi connectivity index (χ3n) is 2.43. The highest BCUT2D eigenvalue weighted by Gasteiger charge is 2.20. The molecule has 4 nitrogen and oxygen atoms in total. The number of carbonyl (C=O) groups excluding carboxylic acids is 1. The fourth-order valence-electron chi connectivity index (χ4n) is 1.50.